The number of ether oxygens (including phenoxy) is 1. The predicted molar refractivity (Wildman–Crippen MR) is 138 cm³/mol. The summed E-state index contributed by atoms with van der Waals surface area (Å²) >= 11 is 0. The molecule has 4 aromatic rings. The minimum Gasteiger partial charge on any atom is -0.479 e. The van der Waals surface area contributed by atoms with Crippen molar-refractivity contribution in [2.75, 3.05) is 12.9 Å². The number of benzene rings is 2. The largest absolute Gasteiger partial charge is 0.479 e. The van der Waals surface area contributed by atoms with Crippen LogP contribution in [0.3, 0.4) is 0 Å². The number of hydrogen-bond donors (Lipinski definition) is 1. The number of aryl methyl sites for hydroxylation is 1. The molecule has 1 N–H and O–H groups in total. The Hall–Kier alpha value is -3.69. The Morgan fingerprint density at radius 3 is 2.25 bits per heavy atom. The molecular formula is C27H28N2O6S. The second kappa shape index (κ2) is 9.75. The highest BCUT2D eigenvalue weighted by molar-refractivity contribution is 7.90. The highest BCUT2D eigenvalue weighted by atomic mass is 32.2. The van der Waals surface area contributed by atoms with Gasteiger partial charge in [0.05, 0.1) is 10.6 Å². The van der Waals surface area contributed by atoms with Gasteiger partial charge in [-0.25, -0.2) is 13.2 Å². The van der Waals surface area contributed by atoms with Crippen molar-refractivity contribution >= 4 is 26.7 Å². The number of aromatic nitrogens is 2. The molecule has 9 heteroatoms. The smallest absolute Gasteiger partial charge is 0.339 e. The van der Waals surface area contributed by atoms with Crippen molar-refractivity contribution < 1.29 is 23.1 Å². The van der Waals surface area contributed by atoms with Gasteiger partial charge in [-0.15, -0.1) is 0 Å². The van der Waals surface area contributed by atoms with E-state index < -0.39 is 21.9 Å². The molecule has 1 atom stereocenters. The molecule has 0 amide bonds. The number of rotatable bonds is 8. The summed E-state index contributed by atoms with van der Waals surface area (Å²) in [4.78, 5) is 26.0. The summed E-state index contributed by atoms with van der Waals surface area (Å²) in [6.07, 6.45) is 1.62. The number of carboxylic acid groups (broad SMARTS) is 1. The SMILES string of the molecule is CCOC(C(=O)O)c1c(-c2ccc(C)cc2)c2ccn(Cc3ccc(S(C)(=O)=O)cc3)c2c(=O)n1C. The highest BCUT2D eigenvalue weighted by Crippen LogP contribution is 2.36. The van der Waals surface area contributed by atoms with E-state index in [0.717, 1.165) is 22.9 Å². The zero-order valence-electron chi connectivity index (χ0n) is 20.6. The van der Waals surface area contributed by atoms with Crippen LogP contribution in [0.1, 0.15) is 29.8 Å². The van der Waals surface area contributed by atoms with Gasteiger partial charge in [0.1, 0.15) is 5.52 Å². The van der Waals surface area contributed by atoms with Gasteiger partial charge in [-0.2, -0.15) is 0 Å². The van der Waals surface area contributed by atoms with E-state index in [2.05, 4.69) is 0 Å². The van der Waals surface area contributed by atoms with Crippen LogP contribution in [0, 0.1) is 6.92 Å². The van der Waals surface area contributed by atoms with Crippen molar-refractivity contribution in [2.45, 2.75) is 31.4 Å². The quantitative estimate of drug-likeness (QED) is 0.386. The van der Waals surface area contributed by atoms with Crippen molar-refractivity contribution in [3.05, 3.63) is 88.0 Å². The second-order valence-corrected chi connectivity index (χ2v) is 10.8. The summed E-state index contributed by atoms with van der Waals surface area (Å²) in [6.45, 7) is 4.18. The highest BCUT2D eigenvalue weighted by Gasteiger charge is 2.30. The Morgan fingerprint density at radius 1 is 1.06 bits per heavy atom. The number of nitrogens with zero attached hydrogens (tertiary/aromatic N) is 2. The minimum absolute atomic E-state index is 0.168. The number of carbonyl (C=O) groups is 1. The number of hydrogen-bond acceptors (Lipinski definition) is 5. The first-order valence-electron chi connectivity index (χ1n) is 11.4. The summed E-state index contributed by atoms with van der Waals surface area (Å²) in [5, 5.41) is 10.6. The molecule has 1 unspecified atom stereocenters. The van der Waals surface area contributed by atoms with E-state index in [9.17, 15) is 23.1 Å². The number of aliphatic carboxylic acids is 1. The molecule has 0 saturated carbocycles. The number of fused-ring (bicyclic) bond motifs is 1. The molecule has 188 valence electrons. The lowest BCUT2D eigenvalue weighted by molar-refractivity contribution is -0.151. The topological polar surface area (TPSA) is 108 Å². The molecule has 2 aromatic carbocycles. The van der Waals surface area contributed by atoms with Crippen LogP contribution in [0.15, 0.2) is 70.5 Å². The predicted octanol–water partition coefficient (Wildman–Crippen LogP) is 3.93. The molecule has 0 fully saturated rings. The lowest BCUT2D eigenvalue weighted by atomic mass is 9.96. The van der Waals surface area contributed by atoms with Gasteiger partial charge in [-0.3, -0.25) is 4.79 Å². The monoisotopic (exact) mass is 508 g/mol. The van der Waals surface area contributed by atoms with Crippen molar-refractivity contribution in [1.29, 1.82) is 0 Å². The van der Waals surface area contributed by atoms with Crippen LogP contribution in [0.5, 0.6) is 0 Å². The maximum Gasteiger partial charge on any atom is 0.339 e. The zero-order valence-corrected chi connectivity index (χ0v) is 21.4. The van der Waals surface area contributed by atoms with Crippen molar-refractivity contribution in [1.82, 2.24) is 9.13 Å². The van der Waals surface area contributed by atoms with E-state index in [4.69, 9.17) is 4.74 Å². The summed E-state index contributed by atoms with van der Waals surface area (Å²) in [7, 11) is -1.76. The molecule has 2 aromatic heterocycles. The van der Waals surface area contributed by atoms with Gasteiger partial charge in [-0.1, -0.05) is 42.0 Å². The van der Waals surface area contributed by atoms with Crippen LogP contribution in [-0.2, 0) is 33.0 Å². The molecule has 36 heavy (non-hydrogen) atoms. The fourth-order valence-corrected chi connectivity index (χ4v) is 5.05. The fraction of sp³-hybridized carbons (Fsp3) is 0.259. The third-order valence-electron chi connectivity index (χ3n) is 6.21. The molecule has 0 radical (unpaired) electrons. The van der Waals surface area contributed by atoms with Gasteiger partial charge >= 0.3 is 5.97 Å². The van der Waals surface area contributed by atoms with Crippen LogP contribution < -0.4 is 5.56 Å². The van der Waals surface area contributed by atoms with E-state index in [-0.39, 0.29) is 22.8 Å². The van der Waals surface area contributed by atoms with Crippen molar-refractivity contribution in [2.24, 2.45) is 7.05 Å². The first kappa shape index (κ1) is 25.4. The Kier molecular flexibility index (Phi) is 6.88. The number of sulfone groups is 1. The van der Waals surface area contributed by atoms with E-state index in [1.54, 1.807) is 49.0 Å². The summed E-state index contributed by atoms with van der Waals surface area (Å²) in [5.74, 6) is -1.18. The van der Waals surface area contributed by atoms with Crippen molar-refractivity contribution in [3.8, 4) is 11.1 Å². The molecule has 8 nitrogen and oxygen atoms in total. The Bertz CT molecular complexity index is 1600. The van der Waals surface area contributed by atoms with Crippen LogP contribution in [-0.4, -0.2) is 41.5 Å². The molecule has 0 bridgehead atoms. The van der Waals surface area contributed by atoms with Gasteiger partial charge in [0.15, 0.2) is 15.9 Å². The van der Waals surface area contributed by atoms with Crippen LogP contribution in [0.4, 0.5) is 0 Å². The third-order valence-corrected chi connectivity index (χ3v) is 7.34. The first-order chi connectivity index (χ1) is 17.0. The van der Waals surface area contributed by atoms with Crippen LogP contribution >= 0.6 is 0 Å². The van der Waals surface area contributed by atoms with E-state index in [1.165, 1.54) is 4.57 Å². The lowest BCUT2D eigenvalue weighted by Gasteiger charge is -2.22. The third kappa shape index (κ3) is 4.72. The average molecular weight is 509 g/mol. The second-order valence-electron chi connectivity index (χ2n) is 8.79. The summed E-state index contributed by atoms with van der Waals surface area (Å²) in [6, 6.07) is 16.0. The molecule has 4 rings (SSSR count). The first-order valence-corrected chi connectivity index (χ1v) is 13.3. The van der Waals surface area contributed by atoms with Crippen LogP contribution in [0.25, 0.3) is 22.0 Å². The Labute approximate surface area is 209 Å². The van der Waals surface area contributed by atoms with E-state index >= 15 is 0 Å². The van der Waals surface area contributed by atoms with Gasteiger partial charge in [-0.05, 0) is 43.2 Å². The maximum atomic E-state index is 13.6. The fourth-order valence-electron chi connectivity index (χ4n) is 4.42. The zero-order chi connectivity index (χ0) is 26.2. The standard InChI is InChI=1S/C27H28N2O6S/c1-5-35-25(27(31)32)24-22(19-10-6-17(2)7-11-19)21-14-15-29(23(21)26(30)28(24)3)16-18-8-12-20(13-9-18)36(4,33)34/h6-15,25H,5,16H2,1-4H3,(H,31,32). The van der Waals surface area contributed by atoms with Crippen molar-refractivity contribution in [3.63, 3.8) is 0 Å². The Morgan fingerprint density at radius 2 is 1.69 bits per heavy atom. The minimum atomic E-state index is -3.31. The molecule has 2 heterocycles. The molecule has 0 aliphatic heterocycles. The normalized spacial score (nSPS) is 12.7. The maximum absolute atomic E-state index is 13.6. The molecule has 0 aliphatic rings. The Balaban J connectivity index is 1.95. The van der Waals surface area contributed by atoms with Gasteiger partial charge in [0.25, 0.3) is 5.56 Å². The van der Waals surface area contributed by atoms with E-state index in [1.807, 2.05) is 37.3 Å². The van der Waals surface area contributed by atoms with Gasteiger partial charge in [0, 0.05) is 43.6 Å². The number of carboxylic acids is 1. The molecule has 0 saturated heterocycles. The van der Waals surface area contributed by atoms with E-state index in [0.29, 0.717) is 23.0 Å². The van der Waals surface area contributed by atoms with Crippen LogP contribution in [0.2, 0.25) is 0 Å². The molecular weight excluding hydrogens is 480 g/mol. The summed E-state index contributed by atoms with van der Waals surface area (Å²) in [5.41, 5.74) is 3.62. The van der Waals surface area contributed by atoms with Gasteiger partial charge in [0.2, 0.25) is 0 Å². The average Bonchev–Trinajstić information content (AvgIpc) is 3.23. The molecule has 0 aliphatic carbocycles. The van der Waals surface area contributed by atoms with Gasteiger partial charge < -0.3 is 19.0 Å². The lowest BCUT2D eigenvalue weighted by Crippen LogP contribution is -2.29. The molecule has 0 spiro atoms. The summed E-state index contributed by atoms with van der Waals surface area (Å²) < 4.78 is 32.3. The number of pyridine rings is 1.